The van der Waals surface area contributed by atoms with Gasteiger partial charge in [-0.25, -0.2) is 0 Å². The number of thiol groups is 1. The van der Waals surface area contributed by atoms with Crippen molar-refractivity contribution in [3.8, 4) is 5.75 Å². The number of ether oxygens (including phenoxy) is 1. The molecule has 7 heteroatoms. The molecule has 0 aliphatic heterocycles. The lowest BCUT2D eigenvalue weighted by atomic mass is 10.2. The highest BCUT2D eigenvalue weighted by Crippen LogP contribution is 2.38. The second-order valence-corrected chi connectivity index (χ2v) is 5.25. The van der Waals surface area contributed by atoms with Gasteiger partial charge in [0, 0.05) is 11.1 Å². The van der Waals surface area contributed by atoms with Crippen LogP contribution in [-0.2, 0) is 0 Å². The lowest BCUT2D eigenvalue weighted by Gasteiger charge is -2.12. The second-order valence-electron chi connectivity index (χ2n) is 3.59. The van der Waals surface area contributed by atoms with Crippen LogP contribution in [0.1, 0.15) is 6.92 Å². The van der Waals surface area contributed by atoms with Gasteiger partial charge in [0.25, 0.3) is 0 Å². The number of nitrogens with zero attached hydrogens (tertiary/aromatic N) is 1. The predicted octanol–water partition coefficient (Wildman–Crippen LogP) is 3.96. The van der Waals surface area contributed by atoms with Crippen LogP contribution >= 0.6 is 40.2 Å². The third-order valence-corrected chi connectivity index (χ3v) is 3.44. The molecule has 0 N–H and O–H groups in total. The van der Waals surface area contributed by atoms with Crippen LogP contribution in [0.2, 0.25) is 5.02 Å². The molecule has 0 aromatic heterocycles. The van der Waals surface area contributed by atoms with Gasteiger partial charge in [-0.15, -0.1) is 0 Å². The molecule has 0 fully saturated rings. The Morgan fingerprint density at radius 1 is 1.65 bits per heavy atom. The summed E-state index contributed by atoms with van der Waals surface area (Å²) in [6.07, 6.45) is 0. The van der Waals surface area contributed by atoms with E-state index in [0.717, 1.165) is 0 Å². The SMILES string of the molecule is CC(CS)COc1c(Br)cc(Cl)cc1[N+](=O)[O-]. The minimum Gasteiger partial charge on any atom is -0.486 e. The van der Waals surface area contributed by atoms with Crippen molar-refractivity contribution in [2.45, 2.75) is 6.92 Å². The van der Waals surface area contributed by atoms with E-state index in [1.165, 1.54) is 6.07 Å². The molecule has 1 aromatic rings. The summed E-state index contributed by atoms with van der Waals surface area (Å²) in [4.78, 5) is 10.4. The normalized spacial score (nSPS) is 12.2. The summed E-state index contributed by atoms with van der Waals surface area (Å²) in [7, 11) is 0. The van der Waals surface area contributed by atoms with Crippen molar-refractivity contribution < 1.29 is 9.66 Å². The highest BCUT2D eigenvalue weighted by atomic mass is 79.9. The van der Waals surface area contributed by atoms with Gasteiger partial charge in [-0.2, -0.15) is 12.6 Å². The zero-order chi connectivity index (χ0) is 13.0. The molecule has 0 aliphatic rings. The van der Waals surface area contributed by atoms with Gasteiger partial charge in [-0.05, 0) is 33.7 Å². The van der Waals surface area contributed by atoms with E-state index in [2.05, 4.69) is 28.6 Å². The fourth-order valence-corrected chi connectivity index (χ4v) is 2.12. The Morgan fingerprint density at radius 3 is 2.82 bits per heavy atom. The second kappa shape index (κ2) is 6.47. The zero-order valence-corrected chi connectivity index (χ0v) is 12.3. The highest BCUT2D eigenvalue weighted by molar-refractivity contribution is 9.10. The van der Waals surface area contributed by atoms with Crippen LogP contribution in [0, 0.1) is 16.0 Å². The molecular formula is C10H11BrClNO3S. The van der Waals surface area contributed by atoms with Crippen molar-refractivity contribution >= 4 is 45.8 Å². The summed E-state index contributed by atoms with van der Waals surface area (Å²) in [5, 5.41) is 11.2. The smallest absolute Gasteiger partial charge is 0.313 e. The monoisotopic (exact) mass is 339 g/mol. The van der Waals surface area contributed by atoms with Crippen LogP contribution in [0.5, 0.6) is 5.75 Å². The molecule has 0 amide bonds. The molecule has 0 saturated heterocycles. The molecule has 0 radical (unpaired) electrons. The molecule has 0 bridgehead atoms. The van der Waals surface area contributed by atoms with Gasteiger partial charge in [0.15, 0.2) is 0 Å². The number of hydrogen-bond acceptors (Lipinski definition) is 4. The van der Waals surface area contributed by atoms with E-state index < -0.39 is 4.92 Å². The lowest BCUT2D eigenvalue weighted by molar-refractivity contribution is -0.386. The molecule has 1 unspecified atom stereocenters. The van der Waals surface area contributed by atoms with Gasteiger partial charge in [-0.3, -0.25) is 10.1 Å². The van der Waals surface area contributed by atoms with Gasteiger partial charge >= 0.3 is 5.69 Å². The Balaban J connectivity index is 3.00. The minimum absolute atomic E-state index is 0.143. The standard InChI is InChI=1S/C10H11BrClNO3S/c1-6(5-17)4-16-10-8(11)2-7(12)3-9(10)13(14)15/h2-3,6,17H,4-5H2,1H3. The van der Waals surface area contributed by atoms with E-state index in [4.69, 9.17) is 16.3 Å². The molecular weight excluding hydrogens is 330 g/mol. The lowest BCUT2D eigenvalue weighted by Crippen LogP contribution is -2.11. The number of halogens is 2. The molecule has 0 aliphatic carbocycles. The van der Waals surface area contributed by atoms with Gasteiger partial charge in [0.2, 0.25) is 5.75 Å². The molecule has 1 atom stereocenters. The summed E-state index contributed by atoms with van der Waals surface area (Å²) >= 11 is 13.1. The predicted molar refractivity (Wildman–Crippen MR) is 74.3 cm³/mol. The maximum absolute atomic E-state index is 10.9. The fraction of sp³-hybridized carbons (Fsp3) is 0.400. The summed E-state index contributed by atoms with van der Waals surface area (Å²) in [5.74, 6) is 1.06. The van der Waals surface area contributed by atoms with Gasteiger partial charge in [-0.1, -0.05) is 18.5 Å². The number of hydrogen-bond donors (Lipinski definition) is 1. The molecule has 0 heterocycles. The number of benzene rings is 1. The Hall–Kier alpha value is -0.460. The summed E-state index contributed by atoms with van der Waals surface area (Å²) in [5.41, 5.74) is -0.143. The van der Waals surface area contributed by atoms with Crippen molar-refractivity contribution in [1.82, 2.24) is 0 Å². The first-order chi connectivity index (χ1) is 7.95. The van der Waals surface area contributed by atoms with Crippen LogP contribution in [0.25, 0.3) is 0 Å². The first-order valence-corrected chi connectivity index (χ1v) is 6.63. The third kappa shape index (κ3) is 4.04. The van der Waals surface area contributed by atoms with Crippen molar-refractivity contribution in [1.29, 1.82) is 0 Å². The Bertz CT molecular complexity index is 430. The molecule has 1 rings (SSSR count). The van der Waals surface area contributed by atoms with Crippen molar-refractivity contribution in [3.05, 3.63) is 31.7 Å². The van der Waals surface area contributed by atoms with Gasteiger partial charge in [0.05, 0.1) is 16.0 Å². The van der Waals surface area contributed by atoms with E-state index in [9.17, 15) is 10.1 Å². The Morgan fingerprint density at radius 2 is 2.29 bits per heavy atom. The first kappa shape index (κ1) is 14.6. The highest BCUT2D eigenvalue weighted by Gasteiger charge is 2.20. The zero-order valence-electron chi connectivity index (χ0n) is 9.02. The molecule has 0 spiro atoms. The molecule has 17 heavy (non-hydrogen) atoms. The fourth-order valence-electron chi connectivity index (χ4n) is 1.10. The number of nitro groups is 1. The first-order valence-electron chi connectivity index (χ1n) is 4.82. The van der Waals surface area contributed by atoms with Crippen LogP contribution < -0.4 is 4.74 Å². The van der Waals surface area contributed by atoms with E-state index in [1.54, 1.807) is 6.07 Å². The van der Waals surface area contributed by atoms with E-state index in [-0.39, 0.29) is 22.4 Å². The molecule has 1 aromatic carbocycles. The Labute approximate surface area is 118 Å². The summed E-state index contributed by atoms with van der Waals surface area (Å²) < 4.78 is 5.92. The van der Waals surface area contributed by atoms with Gasteiger partial charge < -0.3 is 4.74 Å². The van der Waals surface area contributed by atoms with Gasteiger partial charge in [0.1, 0.15) is 0 Å². The molecule has 0 saturated carbocycles. The minimum atomic E-state index is -0.517. The van der Waals surface area contributed by atoms with Crippen LogP contribution in [0.3, 0.4) is 0 Å². The van der Waals surface area contributed by atoms with Crippen molar-refractivity contribution in [3.63, 3.8) is 0 Å². The summed E-state index contributed by atoms with van der Waals surface area (Å²) in [6, 6.07) is 2.84. The maximum Gasteiger partial charge on any atom is 0.313 e. The largest absolute Gasteiger partial charge is 0.486 e. The number of nitro benzene ring substituents is 1. The Kier molecular flexibility index (Phi) is 5.55. The molecule has 94 valence electrons. The van der Waals surface area contributed by atoms with E-state index in [0.29, 0.717) is 16.8 Å². The van der Waals surface area contributed by atoms with E-state index in [1.807, 2.05) is 6.92 Å². The number of rotatable bonds is 5. The molecule has 4 nitrogen and oxygen atoms in total. The van der Waals surface area contributed by atoms with Crippen LogP contribution in [0.15, 0.2) is 16.6 Å². The average Bonchev–Trinajstić information content (AvgIpc) is 2.26. The average molecular weight is 341 g/mol. The topological polar surface area (TPSA) is 52.4 Å². The quantitative estimate of drug-likeness (QED) is 0.501. The summed E-state index contributed by atoms with van der Waals surface area (Å²) in [6.45, 7) is 2.31. The van der Waals surface area contributed by atoms with E-state index >= 15 is 0 Å². The van der Waals surface area contributed by atoms with Crippen molar-refractivity contribution in [2.24, 2.45) is 5.92 Å². The van der Waals surface area contributed by atoms with Crippen molar-refractivity contribution in [2.75, 3.05) is 12.4 Å². The van der Waals surface area contributed by atoms with Crippen LogP contribution in [-0.4, -0.2) is 17.3 Å². The third-order valence-electron chi connectivity index (χ3n) is 2.01. The maximum atomic E-state index is 10.9. The van der Waals surface area contributed by atoms with Crippen LogP contribution in [0.4, 0.5) is 5.69 Å².